The fourth-order valence-corrected chi connectivity index (χ4v) is 7.69. The quantitative estimate of drug-likeness (QED) is 0.205. The molecule has 0 aromatic heterocycles. The number of hydrogen-bond donors (Lipinski definition) is 0. The van der Waals surface area contributed by atoms with Crippen LogP contribution in [0.25, 0.3) is 11.1 Å². The summed E-state index contributed by atoms with van der Waals surface area (Å²) in [7, 11) is -1.74. The molecule has 0 aliphatic carbocycles. The second kappa shape index (κ2) is 12.5. The van der Waals surface area contributed by atoms with E-state index in [2.05, 4.69) is 127 Å². The molecule has 1 aliphatic rings. The van der Waals surface area contributed by atoms with E-state index in [0.29, 0.717) is 0 Å². The van der Waals surface area contributed by atoms with Crippen LogP contribution in [0.2, 0.25) is 19.6 Å². The van der Waals surface area contributed by atoms with Gasteiger partial charge >= 0.3 is 0 Å². The molecule has 3 heteroatoms. The van der Waals surface area contributed by atoms with E-state index in [1.807, 2.05) is 0 Å². The van der Waals surface area contributed by atoms with Crippen LogP contribution in [-0.4, -0.2) is 27.1 Å². The highest BCUT2D eigenvalue weighted by molar-refractivity contribution is 6.69. The van der Waals surface area contributed by atoms with Crippen LogP contribution in [-0.2, 0) is 21.0 Å². The molecule has 0 spiro atoms. The molecule has 3 aromatic carbocycles. The van der Waals surface area contributed by atoms with Crippen molar-refractivity contribution < 1.29 is 9.16 Å². The van der Waals surface area contributed by atoms with Gasteiger partial charge in [0.05, 0.1) is 13.2 Å². The van der Waals surface area contributed by atoms with Gasteiger partial charge in [-0.05, 0) is 97.8 Å². The Morgan fingerprint density at radius 2 is 1.43 bits per heavy atom. The van der Waals surface area contributed by atoms with Crippen LogP contribution < -0.4 is 0 Å². The summed E-state index contributed by atoms with van der Waals surface area (Å²) in [5, 5.41) is 0. The van der Waals surface area contributed by atoms with E-state index < -0.39 is 8.32 Å². The van der Waals surface area contributed by atoms with Gasteiger partial charge in [0.1, 0.15) is 5.60 Å². The van der Waals surface area contributed by atoms with Crippen molar-refractivity contribution >= 4 is 8.32 Å². The summed E-state index contributed by atoms with van der Waals surface area (Å²) in [6.07, 6.45) is 4.85. The molecule has 0 amide bonds. The third kappa shape index (κ3) is 6.63. The van der Waals surface area contributed by atoms with E-state index in [1.165, 1.54) is 38.9 Å². The standard InChI is InChI=1S/C37H48O2Si/c1-9-30-12-14-32(15-13-30)35-19-18-34(27-29(35)5)37(10-2,11-3)33-17-16-31(28(4)26-33)20-21-36(39-40(6,7)8)22-24-38-25-23-36/h12-19,26-27H,9-11,22-25H2,1-8H3. The first kappa shape index (κ1) is 30.3. The van der Waals surface area contributed by atoms with Crippen molar-refractivity contribution in [2.75, 3.05) is 13.2 Å². The Morgan fingerprint density at radius 3 is 1.95 bits per heavy atom. The maximum Gasteiger partial charge on any atom is 0.185 e. The Kier molecular flexibility index (Phi) is 9.46. The Balaban J connectivity index is 1.67. The second-order valence-corrected chi connectivity index (χ2v) is 16.9. The molecule has 2 nitrogen and oxygen atoms in total. The van der Waals surface area contributed by atoms with Gasteiger partial charge in [-0.15, -0.1) is 0 Å². The summed E-state index contributed by atoms with van der Waals surface area (Å²) in [6, 6.07) is 23.0. The number of benzene rings is 3. The lowest BCUT2D eigenvalue weighted by Gasteiger charge is -2.38. The molecule has 0 saturated carbocycles. The molecule has 1 fully saturated rings. The van der Waals surface area contributed by atoms with Crippen molar-refractivity contribution in [1.82, 2.24) is 0 Å². The van der Waals surface area contributed by atoms with Crippen LogP contribution in [0.3, 0.4) is 0 Å². The molecule has 1 aliphatic heterocycles. The molecular weight excluding hydrogens is 504 g/mol. The minimum Gasteiger partial charge on any atom is -0.401 e. The lowest BCUT2D eigenvalue weighted by molar-refractivity contribution is -0.0154. The number of aryl methyl sites for hydroxylation is 3. The van der Waals surface area contributed by atoms with E-state index in [1.54, 1.807) is 0 Å². The molecular formula is C37H48O2Si. The molecule has 0 atom stereocenters. The highest BCUT2D eigenvalue weighted by Crippen LogP contribution is 2.41. The SMILES string of the molecule is CCc1ccc(-c2ccc(C(CC)(CC)c3ccc(C#CC4(O[Si](C)(C)C)CCOCC4)c(C)c3)cc2C)cc1. The van der Waals surface area contributed by atoms with Gasteiger partial charge in [-0.25, -0.2) is 0 Å². The van der Waals surface area contributed by atoms with E-state index in [0.717, 1.165) is 50.9 Å². The molecule has 0 bridgehead atoms. The maximum atomic E-state index is 6.65. The molecule has 4 rings (SSSR count). The van der Waals surface area contributed by atoms with Crippen LogP contribution in [0.1, 0.15) is 79.8 Å². The Bertz CT molecular complexity index is 1360. The highest BCUT2D eigenvalue weighted by atomic mass is 28.4. The molecule has 1 saturated heterocycles. The minimum atomic E-state index is -1.74. The Morgan fingerprint density at radius 1 is 0.825 bits per heavy atom. The van der Waals surface area contributed by atoms with Crippen molar-refractivity contribution in [3.8, 4) is 23.0 Å². The molecule has 212 valence electrons. The van der Waals surface area contributed by atoms with Gasteiger partial charge in [-0.3, -0.25) is 0 Å². The van der Waals surface area contributed by atoms with Crippen molar-refractivity contribution in [3.63, 3.8) is 0 Å². The topological polar surface area (TPSA) is 18.5 Å². The first-order chi connectivity index (χ1) is 19.0. The van der Waals surface area contributed by atoms with Gasteiger partial charge in [0.2, 0.25) is 0 Å². The van der Waals surface area contributed by atoms with Gasteiger partial charge in [0.25, 0.3) is 0 Å². The summed E-state index contributed by atoms with van der Waals surface area (Å²) >= 11 is 0. The smallest absolute Gasteiger partial charge is 0.185 e. The first-order valence-electron chi connectivity index (χ1n) is 15.2. The van der Waals surface area contributed by atoms with E-state index in [9.17, 15) is 0 Å². The molecule has 3 aromatic rings. The fourth-order valence-electron chi connectivity index (χ4n) is 6.26. The molecule has 40 heavy (non-hydrogen) atoms. The minimum absolute atomic E-state index is 0.0328. The predicted octanol–water partition coefficient (Wildman–Crippen LogP) is 9.39. The summed E-state index contributed by atoms with van der Waals surface area (Å²) in [5.41, 5.74) is 9.99. The third-order valence-corrected chi connectivity index (χ3v) is 9.67. The average molecular weight is 553 g/mol. The van der Waals surface area contributed by atoms with Crippen LogP contribution >= 0.6 is 0 Å². The van der Waals surface area contributed by atoms with Gasteiger partial charge in [-0.2, -0.15) is 0 Å². The average Bonchev–Trinajstić information content (AvgIpc) is 2.93. The van der Waals surface area contributed by atoms with E-state index in [-0.39, 0.29) is 11.0 Å². The zero-order valence-corrected chi connectivity index (χ0v) is 27.0. The van der Waals surface area contributed by atoms with Crippen molar-refractivity contribution in [2.24, 2.45) is 0 Å². The van der Waals surface area contributed by atoms with Gasteiger partial charge in [0.15, 0.2) is 8.32 Å². The molecule has 0 radical (unpaired) electrons. The van der Waals surface area contributed by atoms with Crippen molar-refractivity contribution in [1.29, 1.82) is 0 Å². The summed E-state index contributed by atoms with van der Waals surface area (Å²) in [4.78, 5) is 0. The lowest BCUT2D eigenvalue weighted by atomic mass is 9.69. The summed E-state index contributed by atoms with van der Waals surface area (Å²) in [6.45, 7) is 19.5. The predicted molar refractivity (Wildman–Crippen MR) is 173 cm³/mol. The summed E-state index contributed by atoms with van der Waals surface area (Å²) < 4.78 is 12.3. The largest absolute Gasteiger partial charge is 0.401 e. The van der Waals surface area contributed by atoms with Gasteiger partial charge in [-0.1, -0.05) is 87.2 Å². The van der Waals surface area contributed by atoms with Gasteiger partial charge < -0.3 is 9.16 Å². The zero-order valence-electron chi connectivity index (χ0n) is 26.0. The highest BCUT2D eigenvalue weighted by Gasteiger charge is 2.36. The zero-order chi connectivity index (χ0) is 29.0. The normalized spacial score (nSPS) is 15.4. The third-order valence-electron chi connectivity index (χ3n) is 8.67. The molecule has 0 N–H and O–H groups in total. The number of rotatable bonds is 8. The molecule has 1 heterocycles. The van der Waals surface area contributed by atoms with Crippen molar-refractivity contribution in [2.45, 2.75) is 97.4 Å². The van der Waals surface area contributed by atoms with E-state index >= 15 is 0 Å². The summed E-state index contributed by atoms with van der Waals surface area (Å²) in [5.74, 6) is 7.12. The monoisotopic (exact) mass is 552 g/mol. The lowest BCUT2D eigenvalue weighted by Crippen LogP contribution is -2.45. The van der Waals surface area contributed by atoms with Crippen LogP contribution in [0.5, 0.6) is 0 Å². The second-order valence-electron chi connectivity index (χ2n) is 12.5. The number of hydrogen-bond acceptors (Lipinski definition) is 2. The van der Waals surface area contributed by atoms with Crippen LogP contribution in [0.4, 0.5) is 0 Å². The maximum absolute atomic E-state index is 6.65. The fraction of sp³-hybridized carbons (Fsp3) is 0.459. The van der Waals surface area contributed by atoms with Crippen LogP contribution in [0.15, 0.2) is 60.7 Å². The number of ether oxygens (including phenoxy) is 1. The Labute approximate surface area is 244 Å². The van der Waals surface area contributed by atoms with Gasteiger partial charge in [0, 0.05) is 23.8 Å². The van der Waals surface area contributed by atoms with Crippen LogP contribution in [0, 0.1) is 25.7 Å². The molecule has 0 unspecified atom stereocenters. The van der Waals surface area contributed by atoms with E-state index in [4.69, 9.17) is 9.16 Å². The first-order valence-corrected chi connectivity index (χ1v) is 18.6. The van der Waals surface area contributed by atoms with Crippen molar-refractivity contribution in [3.05, 3.63) is 94.0 Å². The Hall–Kier alpha value is -2.64.